The zero-order valence-electron chi connectivity index (χ0n) is 19.0. The van der Waals surface area contributed by atoms with Crippen LogP contribution in [-0.4, -0.2) is 33.9 Å². The Hall–Kier alpha value is -3.60. The van der Waals surface area contributed by atoms with E-state index >= 15 is 0 Å². The molecule has 33 heavy (non-hydrogen) atoms. The number of ketones is 2. The highest BCUT2D eigenvalue weighted by atomic mass is 16.3. The van der Waals surface area contributed by atoms with Crippen molar-refractivity contribution < 1.29 is 14.7 Å². The van der Waals surface area contributed by atoms with Crippen molar-refractivity contribution in [2.24, 2.45) is 4.99 Å². The van der Waals surface area contributed by atoms with E-state index in [9.17, 15) is 14.7 Å². The number of phenols is 1. The fourth-order valence-corrected chi connectivity index (χ4v) is 4.54. The highest BCUT2D eigenvalue weighted by Gasteiger charge is 2.28. The lowest BCUT2D eigenvalue weighted by molar-refractivity contribution is -0.122. The summed E-state index contributed by atoms with van der Waals surface area (Å²) in [6.07, 6.45) is 3.04. The molecule has 0 bridgehead atoms. The Balaban J connectivity index is 1.64. The first-order chi connectivity index (χ1) is 15.9. The molecule has 0 aliphatic carbocycles. The Kier molecular flexibility index (Phi) is 6.78. The van der Waals surface area contributed by atoms with Gasteiger partial charge in [0.1, 0.15) is 11.5 Å². The lowest BCUT2D eigenvalue weighted by atomic mass is 9.83. The van der Waals surface area contributed by atoms with Gasteiger partial charge >= 0.3 is 0 Å². The number of benzene rings is 2. The van der Waals surface area contributed by atoms with E-state index in [0.29, 0.717) is 18.7 Å². The van der Waals surface area contributed by atoms with Crippen LogP contribution >= 0.6 is 0 Å². The fourth-order valence-electron chi connectivity index (χ4n) is 4.54. The second-order valence-corrected chi connectivity index (χ2v) is 8.80. The maximum atomic E-state index is 12.7. The highest BCUT2D eigenvalue weighted by Crippen LogP contribution is 2.36. The number of carbonyl (C=O) groups excluding carboxylic acids is 2. The first-order valence-electron chi connectivity index (χ1n) is 11.3. The maximum Gasteiger partial charge on any atom is 0.183 e. The lowest BCUT2D eigenvalue weighted by Crippen LogP contribution is -2.19. The van der Waals surface area contributed by atoms with Crippen LogP contribution in [-0.2, 0) is 9.59 Å². The largest absolute Gasteiger partial charge is 0.508 e. The number of hydrogen-bond acceptors (Lipinski definition) is 5. The predicted molar refractivity (Wildman–Crippen MR) is 130 cm³/mol. The van der Waals surface area contributed by atoms with Gasteiger partial charge in [0.25, 0.3) is 0 Å². The number of aromatic nitrogens is 1. The van der Waals surface area contributed by atoms with E-state index in [1.807, 2.05) is 31.2 Å². The Morgan fingerprint density at radius 1 is 1.03 bits per heavy atom. The van der Waals surface area contributed by atoms with Crippen molar-refractivity contribution in [2.75, 3.05) is 6.54 Å². The van der Waals surface area contributed by atoms with Crippen LogP contribution in [0.25, 0.3) is 11.1 Å². The monoisotopic (exact) mass is 440 g/mol. The molecule has 1 aliphatic rings. The number of aromatic hydroxyl groups is 1. The molecule has 2 unspecified atom stereocenters. The molecule has 0 spiro atoms. The van der Waals surface area contributed by atoms with Crippen molar-refractivity contribution in [1.82, 2.24) is 4.98 Å². The summed E-state index contributed by atoms with van der Waals surface area (Å²) in [7, 11) is 0. The summed E-state index contributed by atoms with van der Waals surface area (Å²) in [5.74, 6) is 0.153. The van der Waals surface area contributed by atoms with Crippen molar-refractivity contribution >= 4 is 17.3 Å². The van der Waals surface area contributed by atoms with Crippen LogP contribution in [0.1, 0.15) is 54.8 Å². The molecule has 1 aromatic heterocycles. The number of aliphatic imine (C=N–C) groups is 1. The summed E-state index contributed by atoms with van der Waals surface area (Å²) in [6, 6.07) is 19.7. The summed E-state index contributed by atoms with van der Waals surface area (Å²) < 4.78 is 0. The van der Waals surface area contributed by atoms with Gasteiger partial charge in [-0.25, -0.2) is 0 Å². The second-order valence-electron chi connectivity index (χ2n) is 8.80. The topological polar surface area (TPSA) is 79.6 Å². The van der Waals surface area contributed by atoms with Crippen LogP contribution < -0.4 is 0 Å². The smallest absolute Gasteiger partial charge is 0.183 e. The van der Waals surface area contributed by atoms with Gasteiger partial charge in [0.2, 0.25) is 0 Å². The number of rotatable bonds is 6. The summed E-state index contributed by atoms with van der Waals surface area (Å²) in [4.78, 5) is 33.4. The Morgan fingerprint density at radius 3 is 2.48 bits per heavy atom. The molecule has 0 saturated carbocycles. The van der Waals surface area contributed by atoms with Crippen LogP contribution in [0.5, 0.6) is 5.75 Å². The van der Waals surface area contributed by atoms with E-state index in [-0.39, 0.29) is 35.6 Å². The standard InChI is InChI=1S/C28H28N2O3/c1-18-13-24(32)10-11-25(18)21-8-6-20(7-9-21)22-15-23(26-5-3-4-12-29-26)17-30-27(16-22)28(33)14-19(2)31/h3-13,22-23,32H,14-17H2,1-2H3. The van der Waals surface area contributed by atoms with Crippen molar-refractivity contribution in [3.63, 3.8) is 0 Å². The number of pyridine rings is 1. The van der Waals surface area contributed by atoms with Gasteiger partial charge in [-0.2, -0.15) is 0 Å². The quantitative estimate of drug-likeness (QED) is 0.520. The van der Waals surface area contributed by atoms with E-state index in [2.05, 4.69) is 34.2 Å². The molecule has 3 aromatic rings. The third-order valence-electron chi connectivity index (χ3n) is 6.25. The number of hydrogen-bond donors (Lipinski definition) is 1. The maximum absolute atomic E-state index is 12.7. The Labute approximate surface area is 194 Å². The Bertz CT molecular complexity index is 1180. The SMILES string of the molecule is CC(=O)CC(=O)C1=NCC(c2ccccn2)CC(c2ccc(-c3ccc(O)cc3C)cc2)C1. The van der Waals surface area contributed by atoms with Crippen molar-refractivity contribution in [2.45, 2.75) is 44.9 Å². The average Bonchev–Trinajstić information content (AvgIpc) is 3.03. The van der Waals surface area contributed by atoms with Crippen LogP contribution in [0, 0.1) is 6.92 Å². The lowest BCUT2D eigenvalue weighted by Gasteiger charge is -2.20. The minimum absolute atomic E-state index is 0.0983. The second kappa shape index (κ2) is 9.90. The zero-order valence-corrected chi connectivity index (χ0v) is 19.0. The number of nitrogens with zero attached hydrogens (tertiary/aromatic N) is 2. The van der Waals surface area contributed by atoms with Gasteiger partial charge in [-0.3, -0.25) is 19.6 Å². The van der Waals surface area contributed by atoms with Crippen molar-refractivity contribution in [3.05, 3.63) is 83.7 Å². The van der Waals surface area contributed by atoms with Crippen LogP contribution in [0.3, 0.4) is 0 Å². The van der Waals surface area contributed by atoms with Gasteiger partial charge in [-0.1, -0.05) is 36.4 Å². The molecule has 0 saturated heterocycles. The molecule has 168 valence electrons. The Morgan fingerprint density at radius 2 is 1.82 bits per heavy atom. The number of Topliss-reactive ketones (excluding diaryl/α,β-unsaturated/α-hetero) is 2. The van der Waals surface area contributed by atoms with E-state index < -0.39 is 0 Å². The average molecular weight is 441 g/mol. The van der Waals surface area contributed by atoms with Crippen molar-refractivity contribution in [1.29, 1.82) is 0 Å². The molecule has 1 aliphatic heterocycles. The van der Waals surface area contributed by atoms with Crippen LogP contribution in [0.4, 0.5) is 0 Å². The molecular weight excluding hydrogens is 412 g/mol. The van der Waals surface area contributed by atoms with Gasteiger partial charge in [0, 0.05) is 24.4 Å². The molecule has 2 atom stereocenters. The van der Waals surface area contributed by atoms with Crippen LogP contribution in [0.15, 0.2) is 71.9 Å². The molecule has 2 heterocycles. The minimum Gasteiger partial charge on any atom is -0.508 e. The molecule has 0 amide bonds. The van der Waals surface area contributed by atoms with E-state index in [0.717, 1.165) is 34.4 Å². The van der Waals surface area contributed by atoms with Crippen LogP contribution in [0.2, 0.25) is 0 Å². The molecule has 5 nitrogen and oxygen atoms in total. The summed E-state index contributed by atoms with van der Waals surface area (Å²) in [6.45, 7) is 3.92. The third-order valence-corrected chi connectivity index (χ3v) is 6.25. The summed E-state index contributed by atoms with van der Waals surface area (Å²) in [5, 5.41) is 9.70. The van der Waals surface area contributed by atoms with Gasteiger partial charge in [0.15, 0.2) is 5.78 Å². The highest BCUT2D eigenvalue weighted by molar-refractivity contribution is 6.42. The molecule has 5 heteroatoms. The molecule has 1 N–H and O–H groups in total. The van der Waals surface area contributed by atoms with E-state index in [4.69, 9.17) is 0 Å². The fraction of sp³-hybridized carbons (Fsp3) is 0.286. The molecule has 2 aromatic carbocycles. The summed E-state index contributed by atoms with van der Waals surface area (Å²) in [5.41, 5.74) is 5.78. The third kappa shape index (κ3) is 5.43. The van der Waals surface area contributed by atoms with Gasteiger partial charge < -0.3 is 5.11 Å². The first-order valence-corrected chi connectivity index (χ1v) is 11.3. The summed E-state index contributed by atoms with van der Waals surface area (Å²) >= 11 is 0. The molecule has 0 radical (unpaired) electrons. The van der Waals surface area contributed by atoms with E-state index in [1.165, 1.54) is 6.92 Å². The van der Waals surface area contributed by atoms with Gasteiger partial charge in [-0.15, -0.1) is 0 Å². The number of carbonyl (C=O) groups is 2. The molecule has 0 fully saturated rings. The van der Waals surface area contributed by atoms with E-state index in [1.54, 1.807) is 18.3 Å². The normalized spacial score (nSPS) is 18.3. The van der Waals surface area contributed by atoms with Gasteiger partial charge in [0.05, 0.1) is 12.1 Å². The zero-order chi connectivity index (χ0) is 23.4. The minimum atomic E-state index is -0.175. The van der Waals surface area contributed by atoms with Crippen molar-refractivity contribution in [3.8, 4) is 16.9 Å². The molecule has 4 rings (SSSR count). The number of phenolic OH excluding ortho intramolecular Hbond substituents is 1. The number of aryl methyl sites for hydroxylation is 1. The first kappa shape index (κ1) is 22.6. The predicted octanol–water partition coefficient (Wildman–Crippen LogP) is 5.41. The molecular formula is C28H28N2O3. The van der Waals surface area contributed by atoms with Gasteiger partial charge in [-0.05, 0) is 79.1 Å².